The van der Waals surface area contributed by atoms with E-state index in [-0.39, 0.29) is 0 Å². The quantitative estimate of drug-likeness (QED) is 0.488. The van der Waals surface area contributed by atoms with Crippen LogP contribution in [0.5, 0.6) is 5.75 Å². The summed E-state index contributed by atoms with van der Waals surface area (Å²) in [6.45, 7) is 12.5. The summed E-state index contributed by atoms with van der Waals surface area (Å²) in [6, 6.07) is 8.86. The van der Waals surface area contributed by atoms with E-state index < -0.39 is 5.95 Å². The highest BCUT2D eigenvalue weighted by Crippen LogP contribution is 2.32. The van der Waals surface area contributed by atoms with Crippen molar-refractivity contribution in [2.24, 2.45) is 5.92 Å². The summed E-state index contributed by atoms with van der Waals surface area (Å²) in [7, 11) is 1.64. The second-order valence-electron chi connectivity index (χ2n) is 5.89. The van der Waals surface area contributed by atoms with Gasteiger partial charge in [-0.1, -0.05) is 58.1 Å². The standard InChI is InChI=1S/C14H11FN2OS.C4H10.C2H6/c1-8-3-4-9(7-11(8)18-2)13-16-10-5-6-12(15)17-14(10)19-13;1-4(2)3;1-2/h3-7H,1-2H3;4H,1-3H3;1-2H3. The van der Waals surface area contributed by atoms with Crippen molar-refractivity contribution in [3.63, 3.8) is 0 Å². The van der Waals surface area contributed by atoms with Crippen LogP contribution in [0.4, 0.5) is 4.39 Å². The van der Waals surface area contributed by atoms with Gasteiger partial charge in [0.2, 0.25) is 5.95 Å². The molecule has 0 bridgehead atoms. The Morgan fingerprint density at radius 2 is 1.68 bits per heavy atom. The van der Waals surface area contributed by atoms with Crippen molar-refractivity contribution < 1.29 is 9.13 Å². The molecule has 0 saturated heterocycles. The van der Waals surface area contributed by atoms with E-state index in [4.69, 9.17) is 4.74 Å². The van der Waals surface area contributed by atoms with Crippen molar-refractivity contribution in [2.45, 2.75) is 41.5 Å². The molecule has 0 radical (unpaired) electrons. The zero-order valence-electron chi connectivity index (χ0n) is 16.1. The van der Waals surface area contributed by atoms with Crippen molar-refractivity contribution in [2.75, 3.05) is 7.11 Å². The van der Waals surface area contributed by atoms with Crippen LogP contribution in [0.25, 0.3) is 20.9 Å². The Morgan fingerprint density at radius 3 is 2.28 bits per heavy atom. The Bertz CT molecular complexity index is 797. The molecule has 0 atom stereocenters. The van der Waals surface area contributed by atoms with E-state index >= 15 is 0 Å². The van der Waals surface area contributed by atoms with E-state index in [2.05, 4.69) is 30.7 Å². The first-order valence-corrected chi connectivity index (χ1v) is 9.30. The zero-order chi connectivity index (χ0) is 19.0. The van der Waals surface area contributed by atoms with E-state index in [1.165, 1.54) is 17.4 Å². The molecule has 0 fully saturated rings. The van der Waals surface area contributed by atoms with E-state index in [1.54, 1.807) is 13.2 Å². The predicted octanol–water partition coefficient (Wildman–Crippen LogP) is 6.50. The van der Waals surface area contributed by atoms with Crippen LogP contribution in [0.3, 0.4) is 0 Å². The molecule has 2 aromatic heterocycles. The molecule has 0 spiro atoms. The number of aromatic nitrogens is 2. The third kappa shape index (κ3) is 6.09. The number of rotatable bonds is 2. The molecule has 0 unspecified atom stereocenters. The van der Waals surface area contributed by atoms with Gasteiger partial charge in [-0.25, -0.2) is 9.97 Å². The second-order valence-corrected chi connectivity index (χ2v) is 6.87. The average molecular weight is 363 g/mol. The van der Waals surface area contributed by atoms with Gasteiger partial charge in [-0.2, -0.15) is 4.39 Å². The number of hydrogen-bond donors (Lipinski definition) is 0. The van der Waals surface area contributed by atoms with Crippen molar-refractivity contribution in [3.05, 3.63) is 41.8 Å². The first-order valence-electron chi connectivity index (χ1n) is 8.48. The molecule has 0 aliphatic carbocycles. The molecule has 0 N–H and O–H groups in total. The number of methoxy groups -OCH3 is 1. The van der Waals surface area contributed by atoms with Crippen LogP contribution < -0.4 is 4.74 Å². The zero-order valence-corrected chi connectivity index (χ0v) is 16.9. The van der Waals surface area contributed by atoms with Gasteiger partial charge >= 0.3 is 0 Å². The Labute approximate surface area is 153 Å². The fourth-order valence-corrected chi connectivity index (χ4v) is 2.79. The lowest BCUT2D eigenvalue weighted by Crippen LogP contribution is -1.87. The molecule has 0 amide bonds. The molecule has 0 saturated carbocycles. The number of nitrogens with zero attached hydrogens (tertiary/aromatic N) is 2. The molecule has 0 aliphatic rings. The first kappa shape index (κ1) is 21.0. The van der Waals surface area contributed by atoms with E-state index in [0.29, 0.717) is 10.3 Å². The van der Waals surface area contributed by atoms with Crippen LogP contribution in [0, 0.1) is 18.8 Å². The Balaban J connectivity index is 0.000000461. The minimum atomic E-state index is -0.482. The molecular weight excluding hydrogens is 335 g/mol. The van der Waals surface area contributed by atoms with Gasteiger partial charge in [-0.3, -0.25) is 0 Å². The fraction of sp³-hybridized carbons (Fsp3) is 0.400. The second kappa shape index (κ2) is 10.1. The van der Waals surface area contributed by atoms with Gasteiger partial charge in [0.05, 0.1) is 7.11 Å². The highest BCUT2D eigenvalue weighted by Gasteiger charge is 2.10. The van der Waals surface area contributed by atoms with Crippen molar-refractivity contribution in [1.82, 2.24) is 9.97 Å². The Morgan fingerprint density at radius 1 is 1.04 bits per heavy atom. The van der Waals surface area contributed by atoms with Crippen LogP contribution >= 0.6 is 11.3 Å². The van der Waals surface area contributed by atoms with Crippen LogP contribution in [0.2, 0.25) is 0 Å². The molecule has 5 heteroatoms. The number of benzene rings is 1. The summed E-state index contributed by atoms with van der Waals surface area (Å²) in [6.07, 6.45) is 0. The van der Waals surface area contributed by atoms with Crippen LogP contribution in [0.15, 0.2) is 30.3 Å². The number of halogens is 1. The molecule has 3 nitrogen and oxygen atoms in total. The summed E-state index contributed by atoms with van der Waals surface area (Å²) in [4.78, 5) is 8.91. The number of pyridine rings is 1. The third-order valence-electron chi connectivity index (χ3n) is 2.88. The summed E-state index contributed by atoms with van der Waals surface area (Å²) in [5.41, 5.74) is 2.73. The lowest BCUT2D eigenvalue weighted by molar-refractivity contribution is 0.412. The number of thiazole rings is 1. The summed E-state index contributed by atoms with van der Waals surface area (Å²) in [5.74, 6) is 1.17. The van der Waals surface area contributed by atoms with Crippen molar-refractivity contribution in [1.29, 1.82) is 0 Å². The number of ether oxygens (including phenoxy) is 1. The maximum Gasteiger partial charge on any atom is 0.214 e. The molecule has 3 aromatic rings. The maximum atomic E-state index is 13.1. The van der Waals surface area contributed by atoms with Gasteiger partial charge in [0.25, 0.3) is 0 Å². The molecular formula is C20H27FN2OS. The topological polar surface area (TPSA) is 35.0 Å². The summed E-state index contributed by atoms with van der Waals surface area (Å²) < 4.78 is 18.4. The minimum absolute atomic E-state index is 0.482. The Hall–Kier alpha value is -2.01. The van der Waals surface area contributed by atoms with Gasteiger partial charge in [0, 0.05) is 5.56 Å². The van der Waals surface area contributed by atoms with Crippen LogP contribution in [-0.2, 0) is 0 Å². The highest BCUT2D eigenvalue weighted by molar-refractivity contribution is 7.21. The number of hydrogen-bond acceptors (Lipinski definition) is 4. The van der Waals surface area contributed by atoms with Gasteiger partial charge in [0.1, 0.15) is 21.1 Å². The van der Waals surface area contributed by atoms with E-state index in [9.17, 15) is 4.39 Å². The van der Waals surface area contributed by atoms with E-state index in [0.717, 1.165) is 27.8 Å². The highest BCUT2D eigenvalue weighted by atomic mass is 32.1. The Kier molecular flexibility index (Phi) is 8.49. The van der Waals surface area contributed by atoms with Gasteiger partial charge < -0.3 is 4.74 Å². The largest absolute Gasteiger partial charge is 0.496 e. The van der Waals surface area contributed by atoms with E-state index in [1.807, 2.05) is 39.0 Å². The van der Waals surface area contributed by atoms with Gasteiger partial charge in [0.15, 0.2) is 0 Å². The average Bonchev–Trinajstić information content (AvgIpc) is 2.99. The SMILES string of the molecule is CC.CC(C)C.COc1cc(-c2nc3ccc(F)nc3s2)ccc1C. The monoisotopic (exact) mass is 362 g/mol. The van der Waals surface area contributed by atoms with Crippen molar-refractivity contribution in [3.8, 4) is 16.3 Å². The van der Waals surface area contributed by atoms with Gasteiger partial charge in [-0.05, 0) is 36.6 Å². The first-order chi connectivity index (χ1) is 11.9. The number of aryl methyl sites for hydroxylation is 1. The molecule has 1 aromatic carbocycles. The predicted molar refractivity (Wildman–Crippen MR) is 106 cm³/mol. The normalized spacial score (nSPS) is 9.96. The lowest BCUT2D eigenvalue weighted by Gasteiger charge is -2.05. The molecule has 25 heavy (non-hydrogen) atoms. The summed E-state index contributed by atoms with van der Waals surface area (Å²) >= 11 is 1.37. The smallest absolute Gasteiger partial charge is 0.214 e. The molecule has 0 aliphatic heterocycles. The minimum Gasteiger partial charge on any atom is -0.496 e. The molecule has 2 heterocycles. The third-order valence-corrected chi connectivity index (χ3v) is 3.89. The maximum absolute atomic E-state index is 13.1. The fourth-order valence-electron chi connectivity index (χ4n) is 1.87. The van der Waals surface area contributed by atoms with Crippen molar-refractivity contribution >= 4 is 21.7 Å². The van der Waals surface area contributed by atoms with Crippen LogP contribution in [0.1, 0.15) is 40.2 Å². The lowest BCUT2D eigenvalue weighted by atomic mass is 10.1. The molecule has 3 rings (SSSR count). The van der Waals surface area contributed by atoms with Gasteiger partial charge in [-0.15, -0.1) is 0 Å². The number of fused-ring (bicyclic) bond motifs is 1. The van der Waals surface area contributed by atoms with Crippen LogP contribution in [-0.4, -0.2) is 17.1 Å². The summed E-state index contributed by atoms with van der Waals surface area (Å²) in [5, 5.41) is 0.811. The molecule has 136 valence electrons.